The number of hydrogen-bond acceptors (Lipinski definition) is 5. The smallest absolute Gasteiger partial charge is 0.255 e. The summed E-state index contributed by atoms with van der Waals surface area (Å²) in [5.74, 6) is 0.991. The first-order valence-electron chi connectivity index (χ1n) is 10.3. The SMILES string of the molecule is COc1cccc(C(=O)NCCn2ncc(-c3ccc(F)cc3)c2-c2nccn2C)c1OC. The topological polar surface area (TPSA) is 83.2 Å². The van der Waals surface area contributed by atoms with Gasteiger partial charge in [0, 0.05) is 31.5 Å². The van der Waals surface area contributed by atoms with E-state index in [9.17, 15) is 9.18 Å². The lowest BCUT2D eigenvalue weighted by molar-refractivity contribution is 0.0948. The third kappa shape index (κ3) is 4.43. The highest BCUT2D eigenvalue weighted by molar-refractivity contribution is 5.97. The molecule has 4 aromatic rings. The Morgan fingerprint density at radius 2 is 1.91 bits per heavy atom. The van der Waals surface area contributed by atoms with Gasteiger partial charge in [0.2, 0.25) is 0 Å². The Morgan fingerprint density at radius 1 is 1.12 bits per heavy atom. The monoisotopic (exact) mass is 449 g/mol. The van der Waals surface area contributed by atoms with Crippen molar-refractivity contribution in [3.63, 3.8) is 0 Å². The second kappa shape index (κ2) is 9.56. The fraction of sp³-hybridized carbons (Fsp3) is 0.208. The van der Waals surface area contributed by atoms with Crippen LogP contribution in [0.3, 0.4) is 0 Å². The van der Waals surface area contributed by atoms with Gasteiger partial charge in [-0.15, -0.1) is 0 Å². The zero-order valence-corrected chi connectivity index (χ0v) is 18.6. The second-order valence-corrected chi connectivity index (χ2v) is 7.30. The third-order valence-electron chi connectivity index (χ3n) is 5.28. The van der Waals surface area contributed by atoms with Crippen molar-refractivity contribution < 1.29 is 18.7 Å². The van der Waals surface area contributed by atoms with Gasteiger partial charge < -0.3 is 19.4 Å². The fourth-order valence-electron chi connectivity index (χ4n) is 3.66. The lowest BCUT2D eigenvalue weighted by atomic mass is 10.1. The number of benzene rings is 2. The molecule has 9 heteroatoms. The summed E-state index contributed by atoms with van der Waals surface area (Å²) in [6.45, 7) is 0.725. The molecule has 1 amide bonds. The van der Waals surface area contributed by atoms with Crippen LogP contribution >= 0.6 is 0 Å². The second-order valence-electron chi connectivity index (χ2n) is 7.30. The van der Waals surface area contributed by atoms with Crippen molar-refractivity contribution in [1.82, 2.24) is 24.6 Å². The summed E-state index contributed by atoms with van der Waals surface area (Å²) >= 11 is 0. The van der Waals surface area contributed by atoms with E-state index in [1.165, 1.54) is 26.4 Å². The summed E-state index contributed by atoms with van der Waals surface area (Å²) in [6, 6.07) is 11.4. The highest BCUT2D eigenvalue weighted by atomic mass is 19.1. The van der Waals surface area contributed by atoms with Crippen LogP contribution in [-0.2, 0) is 13.6 Å². The van der Waals surface area contributed by atoms with Crippen molar-refractivity contribution in [3.05, 3.63) is 72.4 Å². The molecule has 2 heterocycles. The molecule has 1 N–H and O–H groups in total. The number of aromatic nitrogens is 4. The van der Waals surface area contributed by atoms with Crippen LogP contribution in [0, 0.1) is 5.82 Å². The molecule has 2 aromatic heterocycles. The van der Waals surface area contributed by atoms with Gasteiger partial charge in [-0.05, 0) is 29.8 Å². The first-order valence-corrected chi connectivity index (χ1v) is 10.3. The molecule has 0 atom stereocenters. The zero-order chi connectivity index (χ0) is 23.4. The highest BCUT2D eigenvalue weighted by Crippen LogP contribution is 2.32. The van der Waals surface area contributed by atoms with Crippen LogP contribution < -0.4 is 14.8 Å². The lowest BCUT2D eigenvalue weighted by Gasteiger charge is -2.13. The molecular weight excluding hydrogens is 425 g/mol. The summed E-state index contributed by atoms with van der Waals surface area (Å²) in [7, 11) is 4.91. The van der Waals surface area contributed by atoms with E-state index >= 15 is 0 Å². The van der Waals surface area contributed by atoms with Crippen LogP contribution in [0.5, 0.6) is 11.5 Å². The van der Waals surface area contributed by atoms with Crippen LogP contribution in [0.4, 0.5) is 4.39 Å². The number of hydrogen-bond donors (Lipinski definition) is 1. The summed E-state index contributed by atoms with van der Waals surface area (Å²) in [5.41, 5.74) is 2.81. The van der Waals surface area contributed by atoms with E-state index in [0.717, 1.165) is 16.8 Å². The Morgan fingerprint density at radius 3 is 2.58 bits per heavy atom. The van der Waals surface area contributed by atoms with E-state index in [0.29, 0.717) is 36.0 Å². The number of aryl methyl sites for hydroxylation is 1. The van der Waals surface area contributed by atoms with E-state index in [1.54, 1.807) is 47.4 Å². The minimum Gasteiger partial charge on any atom is -0.493 e. The molecule has 0 aliphatic carbocycles. The number of rotatable bonds is 8. The number of nitrogens with zero attached hydrogens (tertiary/aromatic N) is 4. The van der Waals surface area contributed by atoms with E-state index in [2.05, 4.69) is 15.4 Å². The number of para-hydroxylation sites is 1. The predicted octanol–water partition coefficient (Wildman–Crippen LogP) is 3.54. The van der Waals surface area contributed by atoms with Gasteiger partial charge in [0.15, 0.2) is 17.3 Å². The van der Waals surface area contributed by atoms with Crippen LogP contribution in [0.1, 0.15) is 10.4 Å². The summed E-state index contributed by atoms with van der Waals surface area (Å²) in [5, 5.41) is 7.42. The zero-order valence-electron chi connectivity index (χ0n) is 18.6. The summed E-state index contributed by atoms with van der Waals surface area (Å²) in [4.78, 5) is 17.2. The number of carbonyl (C=O) groups is 1. The van der Waals surface area contributed by atoms with Gasteiger partial charge in [-0.1, -0.05) is 18.2 Å². The molecule has 0 spiro atoms. The maximum atomic E-state index is 13.4. The molecule has 0 saturated carbocycles. The first kappa shape index (κ1) is 22.1. The number of methoxy groups -OCH3 is 2. The van der Waals surface area contributed by atoms with E-state index in [1.807, 2.05) is 17.8 Å². The largest absolute Gasteiger partial charge is 0.493 e. The molecule has 4 rings (SSSR count). The Kier molecular flexibility index (Phi) is 6.39. The minimum atomic E-state index is -0.305. The van der Waals surface area contributed by atoms with Gasteiger partial charge in [0.1, 0.15) is 11.5 Å². The molecule has 0 fully saturated rings. The summed E-state index contributed by atoms with van der Waals surface area (Å²) < 4.78 is 27.7. The van der Waals surface area contributed by atoms with Crippen molar-refractivity contribution in [2.24, 2.45) is 7.05 Å². The average Bonchev–Trinajstić information content (AvgIpc) is 3.44. The highest BCUT2D eigenvalue weighted by Gasteiger charge is 2.19. The Balaban J connectivity index is 1.57. The van der Waals surface area contributed by atoms with Crippen molar-refractivity contribution in [3.8, 4) is 34.1 Å². The van der Waals surface area contributed by atoms with Crippen molar-refractivity contribution in [2.45, 2.75) is 6.54 Å². The fourth-order valence-corrected chi connectivity index (χ4v) is 3.66. The molecule has 170 valence electrons. The third-order valence-corrected chi connectivity index (χ3v) is 5.28. The van der Waals surface area contributed by atoms with Gasteiger partial charge in [-0.3, -0.25) is 9.48 Å². The number of amides is 1. The van der Waals surface area contributed by atoms with E-state index in [-0.39, 0.29) is 11.7 Å². The molecular formula is C24H24FN5O3. The normalized spacial score (nSPS) is 10.8. The number of carbonyl (C=O) groups excluding carboxylic acids is 1. The Bertz CT molecular complexity index is 1260. The van der Waals surface area contributed by atoms with Crippen LogP contribution in [0.15, 0.2) is 61.1 Å². The lowest BCUT2D eigenvalue weighted by Crippen LogP contribution is -2.28. The molecule has 33 heavy (non-hydrogen) atoms. The van der Waals surface area contributed by atoms with Crippen molar-refractivity contribution in [2.75, 3.05) is 20.8 Å². The molecule has 8 nitrogen and oxygen atoms in total. The maximum Gasteiger partial charge on any atom is 0.255 e. The standard InChI is InChI=1S/C24H24FN5O3/c1-29-13-11-26-23(29)21-19(16-7-9-17(25)10-8-16)15-28-30(21)14-12-27-24(31)18-5-4-6-20(32-2)22(18)33-3/h4-11,13,15H,12,14H2,1-3H3,(H,27,31). The molecule has 0 bridgehead atoms. The molecule has 2 aromatic carbocycles. The average molecular weight is 449 g/mol. The molecule has 0 radical (unpaired) electrons. The maximum absolute atomic E-state index is 13.4. The van der Waals surface area contributed by atoms with E-state index < -0.39 is 0 Å². The molecule has 0 aliphatic heterocycles. The van der Waals surface area contributed by atoms with Crippen LogP contribution in [0.25, 0.3) is 22.6 Å². The van der Waals surface area contributed by atoms with Gasteiger partial charge >= 0.3 is 0 Å². The van der Waals surface area contributed by atoms with Gasteiger partial charge in [-0.25, -0.2) is 9.37 Å². The van der Waals surface area contributed by atoms with E-state index in [4.69, 9.17) is 9.47 Å². The van der Waals surface area contributed by atoms with Gasteiger partial charge in [-0.2, -0.15) is 5.10 Å². The number of imidazole rings is 1. The van der Waals surface area contributed by atoms with Crippen molar-refractivity contribution >= 4 is 5.91 Å². The Hall–Kier alpha value is -4.14. The molecule has 0 saturated heterocycles. The van der Waals surface area contributed by atoms with Crippen molar-refractivity contribution in [1.29, 1.82) is 0 Å². The summed E-state index contributed by atoms with van der Waals surface area (Å²) in [6.07, 6.45) is 5.28. The van der Waals surface area contributed by atoms with Gasteiger partial charge in [0.25, 0.3) is 5.91 Å². The first-order chi connectivity index (χ1) is 16.0. The minimum absolute atomic E-state index is 0.282. The number of nitrogens with one attached hydrogen (secondary N) is 1. The van der Waals surface area contributed by atoms with Crippen LogP contribution in [-0.4, -0.2) is 46.0 Å². The quantitative estimate of drug-likeness (QED) is 0.445. The van der Waals surface area contributed by atoms with Gasteiger partial charge in [0.05, 0.1) is 32.5 Å². The Labute approximate surface area is 190 Å². The molecule has 0 unspecified atom stereocenters. The molecule has 0 aliphatic rings. The predicted molar refractivity (Wildman–Crippen MR) is 122 cm³/mol. The number of ether oxygens (including phenoxy) is 2. The number of halogens is 1. The van der Waals surface area contributed by atoms with Crippen LogP contribution in [0.2, 0.25) is 0 Å².